The molecule has 3 aromatic rings. The van der Waals surface area contributed by atoms with Gasteiger partial charge in [0.1, 0.15) is 5.75 Å². The zero-order valence-electron chi connectivity index (χ0n) is 16.6. The molecule has 0 spiro atoms. The SMILES string of the molecule is COc1ccc(NC(=O)COC(=O)c2ccc(Sc3nnnn3C)c([N+](=O)[O-])c2)cc1Cl. The fourth-order valence-corrected chi connectivity index (χ4v) is 3.51. The number of rotatable bonds is 8. The van der Waals surface area contributed by atoms with Crippen LogP contribution in [0, 0.1) is 10.1 Å². The highest BCUT2D eigenvalue weighted by molar-refractivity contribution is 7.99. The fraction of sp³-hybridized carbons (Fsp3) is 0.167. The molecule has 1 N–H and O–H groups in total. The predicted octanol–water partition coefficient (Wildman–Crippen LogP) is 2.73. The standard InChI is InChI=1S/C18H15ClN6O6S/c1-24-18(21-22-23-24)32-15-6-3-10(7-13(15)25(28)29)17(27)31-9-16(26)20-11-4-5-14(30-2)12(19)8-11/h3-8H,9H2,1-2H3,(H,20,26). The zero-order valence-corrected chi connectivity index (χ0v) is 18.2. The molecule has 0 saturated heterocycles. The van der Waals surface area contributed by atoms with Crippen LogP contribution in [0.15, 0.2) is 46.5 Å². The van der Waals surface area contributed by atoms with Gasteiger partial charge in [0.25, 0.3) is 11.6 Å². The lowest BCUT2D eigenvalue weighted by Gasteiger charge is -2.09. The summed E-state index contributed by atoms with van der Waals surface area (Å²) in [5, 5.41) is 25.5. The van der Waals surface area contributed by atoms with Crippen molar-refractivity contribution in [1.29, 1.82) is 0 Å². The number of anilines is 1. The molecule has 2 aromatic carbocycles. The Labute approximate surface area is 190 Å². The summed E-state index contributed by atoms with van der Waals surface area (Å²) in [5.74, 6) is -1.07. The van der Waals surface area contributed by atoms with Crippen molar-refractivity contribution in [3.05, 3.63) is 57.1 Å². The number of hydrogen-bond acceptors (Lipinski definition) is 10. The van der Waals surface area contributed by atoms with Crippen LogP contribution in [0.3, 0.4) is 0 Å². The van der Waals surface area contributed by atoms with E-state index in [9.17, 15) is 19.7 Å². The smallest absolute Gasteiger partial charge is 0.338 e. The number of aromatic nitrogens is 4. The summed E-state index contributed by atoms with van der Waals surface area (Å²) >= 11 is 6.96. The number of nitrogens with one attached hydrogen (secondary N) is 1. The van der Waals surface area contributed by atoms with Crippen molar-refractivity contribution >= 4 is 46.6 Å². The molecule has 0 aliphatic rings. The number of hydrogen-bond donors (Lipinski definition) is 1. The van der Waals surface area contributed by atoms with E-state index >= 15 is 0 Å². The Kier molecular flexibility index (Phi) is 7.22. The van der Waals surface area contributed by atoms with Gasteiger partial charge in [-0.1, -0.05) is 11.6 Å². The average molecular weight is 479 g/mol. The van der Waals surface area contributed by atoms with Gasteiger partial charge in [0.05, 0.1) is 27.5 Å². The minimum absolute atomic E-state index is 0.0857. The van der Waals surface area contributed by atoms with Gasteiger partial charge in [0.2, 0.25) is 5.16 Å². The van der Waals surface area contributed by atoms with Gasteiger partial charge in [0, 0.05) is 18.8 Å². The van der Waals surface area contributed by atoms with Crippen LogP contribution >= 0.6 is 23.4 Å². The van der Waals surface area contributed by atoms with E-state index in [1.807, 2.05) is 0 Å². The van der Waals surface area contributed by atoms with Crippen molar-refractivity contribution in [2.45, 2.75) is 10.1 Å². The van der Waals surface area contributed by atoms with Crippen molar-refractivity contribution in [1.82, 2.24) is 20.2 Å². The Bertz CT molecular complexity index is 1190. The van der Waals surface area contributed by atoms with Gasteiger partial charge in [-0.15, -0.1) is 5.10 Å². The monoisotopic (exact) mass is 478 g/mol. The lowest BCUT2D eigenvalue weighted by molar-refractivity contribution is -0.387. The number of carbonyl (C=O) groups is 2. The highest BCUT2D eigenvalue weighted by Gasteiger charge is 2.21. The van der Waals surface area contributed by atoms with E-state index in [1.54, 1.807) is 19.2 Å². The van der Waals surface area contributed by atoms with E-state index in [4.69, 9.17) is 21.1 Å². The third kappa shape index (κ3) is 5.50. The highest BCUT2D eigenvalue weighted by Crippen LogP contribution is 2.34. The number of nitrogens with zero attached hydrogens (tertiary/aromatic N) is 5. The van der Waals surface area contributed by atoms with Crippen LogP contribution in [-0.2, 0) is 16.6 Å². The Balaban J connectivity index is 1.65. The molecule has 0 radical (unpaired) electrons. The molecule has 1 heterocycles. The van der Waals surface area contributed by atoms with Crippen LogP contribution in [0.2, 0.25) is 5.02 Å². The van der Waals surface area contributed by atoms with Crippen LogP contribution in [0.5, 0.6) is 5.75 Å². The number of aryl methyl sites for hydroxylation is 1. The zero-order chi connectivity index (χ0) is 23.3. The summed E-state index contributed by atoms with van der Waals surface area (Å²) in [5.41, 5.74) is -0.0330. The second-order valence-electron chi connectivity index (χ2n) is 6.10. The summed E-state index contributed by atoms with van der Waals surface area (Å²) in [7, 11) is 3.05. The molecular formula is C18H15ClN6O6S. The molecule has 0 atom stereocenters. The maximum atomic E-state index is 12.3. The van der Waals surface area contributed by atoms with Crippen molar-refractivity contribution in [3.8, 4) is 5.75 Å². The number of tetrazole rings is 1. The van der Waals surface area contributed by atoms with Gasteiger partial charge in [-0.05, 0) is 52.5 Å². The van der Waals surface area contributed by atoms with Crippen LogP contribution in [0.25, 0.3) is 0 Å². The number of benzene rings is 2. The van der Waals surface area contributed by atoms with Gasteiger partial charge < -0.3 is 14.8 Å². The molecule has 166 valence electrons. The highest BCUT2D eigenvalue weighted by atomic mass is 35.5. The number of esters is 1. The molecule has 0 fully saturated rings. The van der Waals surface area contributed by atoms with E-state index in [0.29, 0.717) is 21.6 Å². The first-order valence-electron chi connectivity index (χ1n) is 8.77. The summed E-state index contributed by atoms with van der Waals surface area (Å²) in [4.78, 5) is 35.4. The first-order valence-corrected chi connectivity index (χ1v) is 9.97. The quantitative estimate of drug-likeness (QED) is 0.290. The van der Waals surface area contributed by atoms with Gasteiger partial charge in [-0.3, -0.25) is 14.9 Å². The van der Waals surface area contributed by atoms with E-state index in [0.717, 1.165) is 17.8 Å². The molecule has 12 nitrogen and oxygen atoms in total. The van der Waals surface area contributed by atoms with Crippen molar-refractivity contribution < 1.29 is 24.0 Å². The Hall–Kier alpha value is -3.71. The Morgan fingerprint density at radius 3 is 2.69 bits per heavy atom. The molecule has 0 unspecified atom stereocenters. The minimum atomic E-state index is -0.895. The van der Waals surface area contributed by atoms with Crippen LogP contribution < -0.4 is 10.1 Å². The van der Waals surface area contributed by atoms with Gasteiger partial charge in [0.15, 0.2) is 6.61 Å². The number of carbonyl (C=O) groups excluding carboxylic acids is 2. The molecular weight excluding hydrogens is 464 g/mol. The van der Waals surface area contributed by atoms with Crippen molar-refractivity contribution in [3.63, 3.8) is 0 Å². The summed E-state index contributed by atoms with van der Waals surface area (Å²) in [6, 6.07) is 8.41. The lowest BCUT2D eigenvalue weighted by atomic mass is 10.2. The number of amides is 1. The Morgan fingerprint density at radius 1 is 1.28 bits per heavy atom. The first kappa shape index (κ1) is 23.0. The van der Waals surface area contributed by atoms with Gasteiger partial charge in [-0.25, -0.2) is 9.48 Å². The number of methoxy groups -OCH3 is 1. The average Bonchev–Trinajstić information content (AvgIpc) is 3.16. The topological polar surface area (TPSA) is 151 Å². The lowest BCUT2D eigenvalue weighted by Crippen LogP contribution is -2.21. The van der Waals surface area contributed by atoms with Crippen molar-refractivity contribution in [2.75, 3.05) is 19.0 Å². The molecule has 0 bridgehead atoms. The van der Waals surface area contributed by atoms with Gasteiger partial charge in [-0.2, -0.15) is 0 Å². The number of nitro groups is 1. The van der Waals surface area contributed by atoms with Crippen LogP contribution in [-0.4, -0.2) is 50.7 Å². The maximum absolute atomic E-state index is 12.3. The van der Waals surface area contributed by atoms with E-state index in [-0.39, 0.29) is 16.1 Å². The summed E-state index contributed by atoms with van der Waals surface area (Å²) in [6.45, 7) is -0.600. The number of nitro benzene ring substituents is 1. The van der Waals surface area contributed by atoms with E-state index < -0.39 is 23.4 Å². The van der Waals surface area contributed by atoms with E-state index in [2.05, 4.69) is 20.8 Å². The molecule has 3 rings (SSSR count). The van der Waals surface area contributed by atoms with Gasteiger partial charge >= 0.3 is 5.97 Å². The fourth-order valence-electron chi connectivity index (χ4n) is 2.44. The minimum Gasteiger partial charge on any atom is -0.495 e. The molecule has 32 heavy (non-hydrogen) atoms. The summed E-state index contributed by atoms with van der Waals surface area (Å²) in [6.07, 6.45) is 0. The number of halogens is 1. The molecule has 1 aromatic heterocycles. The largest absolute Gasteiger partial charge is 0.495 e. The van der Waals surface area contributed by atoms with E-state index in [1.165, 1.54) is 30.0 Å². The maximum Gasteiger partial charge on any atom is 0.338 e. The predicted molar refractivity (Wildman–Crippen MR) is 113 cm³/mol. The third-order valence-electron chi connectivity index (χ3n) is 3.94. The molecule has 0 saturated carbocycles. The Morgan fingerprint density at radius 2 is 2.06 bits per heavy atom. The first-order chi connectivity index (χ1) is 15.3. The van der Waals surface area contributed by atoms with Crippen molar-refractivity contribution in [2.24, 2.45) is 7.05 Å². The van der Waals surface area contributed by atoms with Crippen LogP contribution in [0.1, 0.15) is 10.4 Å². The van der Waals surface area contributed by atoms with Crippen LogP contribution in [0.4, 0.5) is 11.4 Å². The second kappa shape index (κ2) is 10.1. The molecule has 0 aliphatic heterocycles. The normalized spacial score (nSPS) is 10.5. The third-order valence-corrected chi connectivity index (χ3v) is 5.33. The molecule has 0 aliphatic carbocycles. The summed E-state index contributed by atoms with van der Waals surface area (Å²) < 4.78 is 11.3. The second-order valence-corrected chi connectivity index (χ2v) is 7.52. The number of ether oxygens (including phenoxy) is 2. The molecule has 14 heteroatoms. The molecule has 1 amide bonds.